The molecule has 1 aliphatic heterocycles. The molecule has 34 heavy (non-hydrogen) atoms. The van der Waals surface area contributed by atoms with Crippen LogP contribution in [0.5, 0.6) is 0 Å². The third kappa shape index (κ3) is 7.21. The smallest absolute Gasteiger partial charge is 0.350 e. The predicted octanol–water partition coefficient (Wildman–Crippen LogP) is 4.63. The van der Waals surface area contributed by atoms with Gasteiger partial charge in [-0.1, -0.05) is 57.2 Å². The van der Waals surface area contributed by atoms with E-state index in [1.807, 2.05) is 39.0 Å². The van der Waals surface area contributed by atoms with Crippen molar-refractivity contribution in [3.05, 3.63) is 65.7 Å². The van der Waals surface area contributed by atoms with Crippen LogP contribution in [0.3, 0.4) is 0 Å². The molecule has 0 saturated carbocycles. The van der Waals surface area contributed by atoms with Gasteiger partial charge in [0.1, 0.15) is 6.04 Å². The van der Waals surface area contributed by atoms with Gasteiger partial charge in [0.2, 0.25) is 5.91 Å². The van der Waals surface area contributed by atoms with Crippen molar-refractivity contribution in [3.63, 3.8) is 0 Å². The summed E-state index contributed by atoms with van der Waals surface area (Å²) in [7, 11) is 0. The number of carbonyl (C=O) groups is 2. The fraction of sp³-hybridized carbons (Fsp3) is 0.440. The van der Waals surface area contributed by atoms with Crippen LogP contribution in [0.25, 0.3) is 0 Å². The minimum absolute atomic E-state index is 0.00672. The van der Waals surface area contributed by atoms with Crippen LogP contribution >= 0.6 is 0 Å². The number of nitrogens with zero attached hydrogens (tertiary/aromatic N) is 1. The average Bonchev–Trinajstić information content (AvgIpc) is 3.18. The SMILES string of the molecule is CC(C)(C)[C@H](NC(=O)Nc1cccc(C(F)(F)F)c1)C(=O)N[C@H]1CCN(Cc2ccccc2)C1. The lowest BCUT2D eigenvalue weighted by Crippen LogP contribution is -2.56. The van der Waals surface area contributed by atoms with Crippen molar-refractivity contribution in [1.29, 1.82) is 0 Å². The molecule has 0 radical (unpaired) electrons. The Morgan fingerprint density at radius 2 is 1.76 bits per heavy atom. The van der Waals surface area contributed by atoms with Crippen molar-refractivity contribution in [2.45, 2.75) is 52.0 Å². The fourth-order valence-electron chi connectivity index (χ4n) is 3.97. The molecular formula is C25H31F3N4O2. The molecule has 0 aromatic heterocycles. The van der Waals surface area contributed by atoms with Gasteiger partial charge in [-0.25, -0.2) is 4.79 Å². The van der Waals surface area contributed by atoms with E-state index in [1.54, 1.807) is 0 Å². The van der Waals surface area contributed by atoms with Crippen LogP contribution in [-0.2, 0) is 17.5 Å². The number of anilines is 1. The Morgan fingerprint density at radius 1 is 1.06 bits per heavy atom. The van der Waals surface area contributed by atoms with E-state index in [9.17, 15) is 22.8 Å². The van der Waals surface area contributed by atoms with Crippen molar-refractivity contribution in [3.8, 4) is 0 Å². The van der Waals surface area contributed by atoms with Crippen molar-refractivity contribution < 1.29 is 22.8 Å². The molecule has 184 valence electrons. The molecule has 0 bridgehead atoms. The number of rotatable bonds is 6. The van der Waals surface area contributed by atoms with Gasteiger partial charge in [-0.15, -0.1) is 0 Å². The van der Waals surface area contributed by atoms with E-state index in [-0.39, 0.29) is 17.6 Å². The van der Waals surface area contributed by atoms with E-state index in [2.05, 4.69) is 33.0 Å². The Hall–Kier alpha value is -3.07. The zero-order valence-electron chi connectivity index (χ0n) is 19.6. The van der Waals surface area contributed by atoms with Crippen LogP contribution < -0.4 is 16.0 Å². The first-order valence-corrected chi connectivity index (χ1v) is 11.2. The summed E-state index contributed by atoms with van der Waals surface area (Å²) in [5.41, 5.74) is -0.281. The summed E-state index contributed by atoms with van der Waals surface area (Å²) in [5.74, 6) is -0.321. The van der Waals surface area contributed by atoms with Gasteiger partial charge < -0.3 is 16.0 Å². The molecule has 1 aliphatic rings. The number of halogens is 3. The third-order valence-corrected chi connectivity index (χ3v) is 5.72. The summed E-state index contributed by atoms with van der Waals surface area (Å²) in [6.07, 6.45) is -3.72. The predicted molar refractivity (Wildman–Crippen MR) is 125 cm³/mol. The maximum atomic E-state index is 13.1. The molecule has 1 fully saturated rings. The number of amides is 3. The fourth-order valence-corrected chi connectivity index (χ4v) is 3.97. The first kappa shape index (κ1) is 25.6. The third-order valence-electron chi connectivity index (χ3n) is 5.72. The first-order chi connectivity index (χ1) is 15.9. The van der Waals surface area contributed by atoms with Crippen LogP contribution in [0, 0.1) is 5.41 Å². The summed E-state index contributed by atoms with van der Waals surface area (Å²) in [6.45, 7) is 7.81. The monoisotopic (exact) mass is 476 g/mol. The minimum Gasteiger partial charge on any atom is -0.350 e. The van der Waals surface area contributed by atoms with E-state index in [0.717, 1.165) is 31.6 Å². The van der Waals surface area contributed by atoms with Crippen molar-refractivity contribution in [1.82, 2.24) is 15.5 Å². The van der Waals surface area contributed by atoms with E-state index in [0.29, 0.717) is 6.54 Å². The number of hydrogen-bond acceptors (Lipinski definition) is 3. The number of likely N-dealkylation sites (tertiary alicyclic amines) is 1. The quantitative estimate of drug-likeness (QED) is 0.569. The Balaban J connectivity index is 1.58. The maximum Gasteiger partial charge on any atom is 0.416 e. The standard InChI is InChI=1S/C25H31F3N4O2/c1-24(2,3)21(31-23(34)30-19-11-7-10-18(14-19)25(26,27)28)22(33)29-20-12-13-32(16-20)15-17-8-5-4-6-9-17/h4-11,14,20-21H,12-13,15-16H2,1-3H3,(H,29,33)(H2,30,31,34)/t20-,21+/m0/s1. The molecule has 0 spiro atoms. The molecule has 1 saturated heterocycles. The summed E-state index contributed by atoms with van der Waals surface area (Å²) in [6, 6.07) is 12.8. The van der Waals surface area contributed by atoms with E-state index in [4.69, 9.17) is 0 Å². The maximum absolute atomic E-state index is 13.1. The van der Waals surface area contributed by atoms with Gasteiger partial charge >= 0.3 is 12.2 Å². The molecule has 3 amide bonds. The molecule has 3 rings (SSSR count). The van der Waals surface area contributed by atoms with Gasteiger partial charge in [0, 0.05) is 31.4 Å². The van der Waals surface area contributed by atoms with Gasteiger partial charge in [0.05, 0.1) is 5.56 Å². The Kier molecular flexibility index (Phi) is 7.86. The van der Waals surface area contributed by atoms with Crippen LogP contribution in [0.1, 0.15) is 38.3 Å². The highest BCUT2D eigenvalue weighted by molar-refractivity contribution is 5.94. The molecule has 2 atom stereocenters. The Labute approximate surface area is 197 Å². The van der Waals surface area contributed by atoms with E-state index >= 15 is 0 Å². The van der Waals surface area contributed by atoms with Crippen molar-refractivity contribution in [2.24, 2.45) is 5.41 Å². The number of benzene rings is 2. The summed E-state index contributed by atoms with van der Waals surface area (Å²) in [4.78, 5) is 27.9. The molecular weight excluding hydrogens is 445 g/mol. The van der Waals surface area contributed by atoms with Gasteiger partial charge in [-0.05, 0) is 35.6 Å². The average molecular weight is 477 g/mol. The van der Waals surface area contributed by atoms with E-state index < -0.39 is 29.2 Å². The van der Waals surface area contributed by atoms with Crippen molar-refractivity contribution in [2.75, 3.05) is 18.4 Å². The molecule has 9 heteroatoms. The van der Waals surface area contributed by atoms with Crippen LogP contribution in [0.2, 0.25) is 0 Å². The van der Waals surface area contributed by atoms with Crippen LogP contribution in [-0.4, -0.2) is 42.0 Å². The molecule has 0 unspecified atom stereocenters. The highest BCUT2D eigenvalue weighted by Crippen LogP contribution is 2.30. The molecule has 2 aromatic carbocycles. The van der Waals surface area contributed by atoms with Crippen molar-refractivity contribution >= 4 is 17.6 Å². The van der Waals surface area contributed by atoms with Crippen LogP contribution in [0.4, 0.5) is 23.7 Å². The molecule has 2 aromatic rings. The van der Waals surface area contributed by atoms with Gasteiger partial charge in [-0.2, -0.15) is 13.2 Å². The summed E-state index contributed by atoms with van der Waals surface area (Å²) >= 11 is 0. The number of alkyl halides is 3. The molecule has 6 nitrogen and oxygen atoms in total. The van der Waals surface area contributed by atoms with Gasteiger partial charge in [0.15, 0.2) is 0 Å². The number of urea groups is 1. The topological polar surface area (TPSA) is 73.5 Å². The van der Waals surface area contributed by atoms with E-state index in [1.165, 1.54) is 17.7 Å². The second kappa shape index (κ2) is 10.5. The second-order valence-electron chi connectivity index (χ2n) is 9.69. The Bertz CT molecular complexity index is 990. The highest BCUT2D eigenvalue weighted by Gasteiger charge is 2.35. The normalized spacial score (nSPS) is 17.8. The number of hydrogen-bond donors (Lipinski definition) is 3. The minimum atomic E-state index is -4.52. The lowest BCUT2D eigenvalue weighted by Gasteiger charge is -2.31. The number of carbonyl (C=O) groups excluding carboxylic acids is 2. The van der Waals surface area contributed by atoms with Crippen LogP contribution in [0.15, 0.2) is 54.6 Å². The summed E-state index contributed by atoms with van der Waals surface area (Å²) < 4.78 is 38.8. The lowest BCUT2D eigenvalue weighted by molar-refractivity contribution is -0.137. The van der Waals surface area contributed by atoms with Gasteiger partial charge in [0.25, 0.3) is 0 Å². The Morgan fingerprint density at radius 3 is 2.41 bits per heavy atom. The zero-order chi connectivity index (χ0) is 24.9. The zero-order valence-corrected chi connectivity index (χ0v) is 19.6. The largest absolute Gasteiger partial charge is 0.416 e. The first-order valence-electron chi connectivity index (χ1n) is 11.2. The summed E-state index contributed by atoms with van der Waals surface area (Å²) in [5, 5.41) is 8.06. The highest BCUT2D eigenvalue weighted by atomic mass is 19.4. The molecule has 3 N–H and O–H groups in total. The second-order valence-corrected chi connectivity index (χ2v) is 9.69. The molecule has 0 aliphatic carbocycles. The lowest BCUT2D eigenvalue weighted by atomic mass is 9.86. The van der Waals surface area contributed by atoms with Gasteiger partial charge in [-0.3, -0.25) is 9.69 Å². The number of nitrogens with one attached hydrogen (secondary N) is 3. The molecule has 1 heterocycles.